The number of aromatic nitrogens is 1. The van der Waals surface area contributed by atoms with Crippen molar-refractivity contribution in [2.24, 2.45) is 5.92 Å². The molecule has 0 unspecified atom stereocenters. The highest BCUT2D eigenvalue weighted by molar-refractivity contribution is 5.99. The molecule has 0 radical (unpaired) electrons. The van der Waals surface area contributed by atoms with E-state index >= 15 is 0 Å². The number of nitrogens with zero attached hydrogens (tertiary/aromatic N) is 1. The lowest BCUT2D eigenvalue weighted by molar-refractivity contribution is 0.417. The summed E-state index contributed by atoms with van der Waals surface area (Å²) >= 11 is 0. The monoisotopic (exact) mass is 342 g/mol. The van der Waals surface area contributed by atoms with Gasteiger partial charge in [-0.2, -0.15) is 0 Å². The van der Waals surface area contributed by atoms with E-state index in [4.69, 9.17) is 0 Å². The molecule has 1 aliphatic heterocycles. The molecule has 2 aliphatic carbocycles. The smallest absolute Gasteiger partial charge is 0.0273 e. The number of hydrogen-bond donors (Lipinski definition) is 1. The van der Waals surface area contributed by atoms with Gasteiger partial charge in [-0.25, -0.2) is 0 Å². The Balaban J connectivity index is 1.56. The highest BCUT2D eigenvalue weighted by Gasteiger charge is 2.26. The van der Waals surface area contributed by atoms with E-state index in [1.165, 1.54) is 54.4 Å². The third-order valence-electron chi connectivity index (χ3n) is 6.34. The molecule has 2 heteroatoms. The molecule has 0 amide bonds. The minimum Gasteiger partial charge on any atom is -0.317 e. The lowest BCUT2D eigenvalue weighted by Crippen LogP contribution is -2.28. The zero-order valence-electron chi connectivity index (χ0n) is 15.3. The lowest BCUT2D eigenvalue weighted by atomic mass is 9.88. The van der Waals surface area contributed by atoms with Gasteiger partial charge >= 0.3 is 0 Å². The molecule has 2 heterocycles. The van der Waals surface area contributed by atoms with Crippen LogP contribution in [0.1, 0.15) is 47.9 Å². The normalized spacial score (nSPS) is 20.4. The first-order chi connectivity index (χ1) is 12.9. The molecule has 0 atom stereocenters. The molecule has 5 rings (SSSR count). The molecular formula is C24H26N2. The van der Waals surface area contributed by atoms with Crippen molar-refractivity contribution < 1.29 is 0 Å². The molecule has 0 saturated carbocycles. The summed E-state index contributed by atoms with van der Waals surface area (Å²) in [4.78, 5) is 4.22. The molecule has 1 N–H and O–H groups in total. The first-order valence-electron chi connectivity index (χ1n) is 10.1. The fraction of sp³-hybridized carbons (Fsp3) is 0.375. The third kappa shape index (κ3) is 2.93. The average molecular weight is 342 g/mol. The molecule has 132 valence electrons. The van der Waals surface area contributed by atoms with E-state index in [2.05, 4.69) is 46.7 Å². The van der Waals surface area contributed by atoms with Crippen LogP contribution in [-0.2, 0) is 12.8 Å². The zero-order valence-corrected chi connectivity index (χ0v) is 15.3. The minimum atomic E-state index is 0.736. The van der Waals surface area contributed by atoms with Crippen molar-refractivity contribution in [3.05, 3.63) is 76.6 Å². The first-order valence-corrected chi connectivity index (χ1v) is 10.1. The first kappa shape index (κ1) is 16.0. The summed E-state index contributed by atoms with van der Waals surface area (Å²) in [6, 6.07) is 11.5. The van der Waals surface area contributed by atoms with Crippen LogP contribution in [0.15, 0.2) is 54.4 Å². The fourth-order valence-electron chi connectivity index (χ4n) is 4.89. The van der Waals surface area contributed by atoms with Gasteiger partial charge in [0, 0.05) is 12.4 Å². The van der Waals surface area contributed by atoms with Crippen molar-refractivity contribution in [1.29, 1.82) is 0 Å². The molecule has 3 aliphatic rings. The van der Waals surface area contributed by atoms with Crippen LogP contribution in [0, 0.1) is 5.92 Å². The fourth-order valence-corrected chi connectivity index (χ4v) is 4.89. The van der Waals surface area contributed by atoms with Gasteiger partial charge in [0.15, 0.2) is 0 Å². The van der Waals surface area contributed by atoms with Gasteiger partial charge in [-0.3, -0.25) is 4.98 Å². The van der Waals surface area contributed by atoms with Crippen LogP contribution in [0.25, 0.3) is 11.1 Å². The summed E-state index contributed by atoms with van der Waals surface area (Å²) in [6.45, 7) is 2.31. The number of nitrogens with one attached hydrogen (secondary N) is 1. The summed E-state index contributed by atoms with van der Waals surface area (Å²) in [5.74, 6) is 0.736. The summed E-state index contributed by atoms with van der Waals surface area (Å²) in [7, 11) is 0. The van der Waals surface area contributed by atoms with Crippen molar-refractivity contribution in [3.63, 3.8) is 0 Å². The quantitative estimate of drug-likeness (QED) is 0.866. The van der Waals surface area contributed by atoms with Crippen LogP contribution >= 0.6 is 0 Å². The Bertz CT molecular complexity index is 870. The number of benzene rings is 1. The van der Waals surface area contributed by atoms with Crippen LogP contribution < -0.4 is 5.32 Å². The number of piperidine rings is 1. The van der Waals surface area contributed by atoms with E-state index in [0.29, 0.717) is 0 Å². The van der Waals surface area contributed by atoms with Crippen LogP contribution in [-0.4, -0.2) is 18.1 Å². The number of rotatable bonds is 3. The van der Waals surface area contributed by atoms with Gasteiger partial charge in [0.1, 0.15) is 0 Å². The summed E-state index contributed by atoms with van der Waals surface area (Å²) < 4.78 is 0. The van der Waals surface area contributed by atoms with Crippen molar-refractivity contribution in [3.8, 4) is 0 Å². The second-order valence-electron chi connectivity index (χ2n) is 7.89. The number of hydrogen-bond acceptors (Lipinski definition) is 2. The Labute approximate surface area is 156 Å². The number of allylic oxidation sites excluding steroid dienone is 4. The summed E-state index contributed by atoms with van der Waals surface area (Å²) in [6.07, 6.45) is 13.8. The topological polar surface area (TPSA) is 24.9 Å². The Kier molecular flexibility index (Phi) is 4.22. The van der Waals surface area contributed by atoms with E-state index < -0.39 is 0 Å². The Morgan fingerprint density at radius 2 is 1.69 bits per heavy atom. The van der Waals surface area contributed by atoms with E-state index in [0.717, 1.165) is 25.4 Å². The van der Waals surface area contributed by atoms with Crippen molar-refractivity contribution in [2.75, 3.05) is 13.1 Å². The van der Waals surface area contributed by atoms with Crippen LogP contribution in [0.2, 0.25) is 0 Å². The van der Waals surface area contributed by atoms with Gasteiger partial charge in [-0.05, 0) is 103 Å². The van der Waals surface area contributed by atoms with Gasteiger partial charge in [-0.1, -0.05) is 29.8 Å². The van der Waals surface area contributed by atoms with Gasteiger partial charge in [0.25, 0.3) is 0 Å². The molecule has 1 fully saturated rings. The van der Waals surface area contributed by atoms with Gasteiger partial charge in [0.2, 0.25) is 0 Å². The number of aryl methyl sites for hydroxylation is 2. The highest BCUT2D eigenvalue weighted by Crippen LogP contribution is 2.43. The van der Waals surface area contributed by atoms with E-state index in [9.17, 15) is 0 Å². The largest absolute Gasteiger partial charge is 0.317 e. The van der Waals surface area contributed by atoms with Crippen LogP contribution in [0.3, 0.4) is 0 Å². The van der Waals surface area contributed by atoms with E-state index in [1.54, 1.807) is 16.7 Å². The Hall–Kier alpha value is -2.19. The summed E-state index contributed by atoms with van der Waals surface area (Å²) in [5, 5.41) is 3.50. The van der Waals surface area contributed by atoms with E-state index in [1.807, 2.05) is 12.4 Å². The molecule has 1 aromatic heterocycles. The second kappa shape index (κ2) is 6.85. The highest BCUT2D eigenvalue weighted by atomic mass is 14.9. The molecule has 2 nitrogen and oxygen atoms in total. The molecular weight excluding hydrogens is 316 g/mol. The van der Waals surface area contributed by atoms with E-state index in [-0.39, 0.29) is 0 Å². The SMILES string of the molecule is C1=C(C2CCNCC2)CC(c2ccncc2)=C1c1ccc2c(c1)CCC2. The molecule has 0 spiro atoms. The summed E-state index contributed by atoms with van der Waals surface area (Å²) in [5.41, 5.74) is 10.4. The maximum absolute atomic E-state index is 4.22. The van der Waals surface area contributed by atoms with Gasteiger partial charge in [-0.15, -0.1) is 0 Å². The van der Waals surface area contributed by atoms with Gasteiger partial charge < -0.3 is 5.32 Å². The predicted octanol–water partition coefficient (Wildman–Crippen LogP) is 4.81. The van der Waals surface area contributed by atoms with Crippen LogP contribution in [0.4, 0.5) is 0 Å². The maximum atomic E-state index is 4.22. The molecule has 1 aromatic carbocycles. The van der Waals surface area contributed by atoms with Crippen LogP contribution in [0.5, 0.6) is 0 Å². The lowest BCUT2D eigenvalue weighted by Gasteiger charge is -2.24. The Morgan fingerprint density at radius 1 is 0.885 bits per heavy atom. The van der Waals surface area contributed by atoms with Crippen molar-refractivity contribution in [2.45, 2.75) is 38.5 Å². The minimum absolute atomic E-state index is 0.736. The standard InChI is InChI=1S/C24H26N2/c1-2-17-4-5-21(14-20(17)3-1)24-16-22(18-6-10-25-11-7-18)15-23(24)19-8-12-26-13-9-19/h4-5,8-9,12-14,16,18,25H,1-3,6-7,10-11,15H2. The molecule has 1 saturated heterocycles. The predicted molar refractivity (Wildman–Crippen MR) is 108 cm³/mol. The molecule has 2 aromatic rings. The zero-order chi connectivity index (χ0) is 17.3. The molecule has 26 heavy (non-hydrogen) atoms. The average Bonchev–Trinajstić information content (AvgIpc) is 3.36. The second-order valence-corrected chi connectivity index (χ2v) is 7.89. The Morgan fingerprint density at radius 3 is 2.54 bits per heavy atom. The van der Waals surface area contributed by atoms with Crippen molar-refractivity contribution in [1.82, 2.24) is 10.3 Å². The number of fused-ring (bicyclic) bond motifs is 1. The van der Waals surface area contributed by atoms with Crippen molar-refractivity contribution >= 4 is 11.1 Å². The van der Waals surface area contributed by atoms with Gasteiger partial charge in [0.05, 0.1) is 0 Å². The third-order valence-corrected chi connectivity index (χ3v) is 6.34. The number of pyridine rings is 1. The maximum Gasteiger partial charge on any atom is 0.0273 e. The molecule has 0 bridgehead atoms.